The van der Waals surface area contributed by atoms with E-state index in [1.165, 1.54) is 0 Å². The Morgan fingerprint density at radius 1 is 1.11 bits per heavy atom. The molecule has 19 heavy (non-hydrogen) atoms. The fourth-order valence-corrected chi connectivity index (χ4v) is 1.46. The summed E-state index contributed by atoms with van der Waals surface area (Å²) >= 11 is 0. The van der Waals surface area contributed by atoms with E-state index in [4.69, 9.17) is 5.73 Å². The van der Waals surface area contributed by atoms with Crippen LogP contribution in [-0.2, 0) is 17.1 Å². The third-order valence-electron chi connectivity index (χ3n) is 2.15. The molecule has 106 valence electrons. The molecule has 3 nitrogen and oxygen atoms in total. The zero-order chi connectivity index (χ0) is 15.0. The number of carbonyl (C=O) groups excluding carboxylic acids is 1. The molecule has 0 aliphatic heterocycles. The lowest BCUT2D eigenvalue weighted by atomic mass is 9.98. The predicted octanol–water partition coefficient (Wildman–Crippen LogP) is 3.09. The van der Waals surface area contributed by atoms with E-state index >= 15 is 0 Å². The normalized spacial score (nSPS) is 12.4. The highest BCUT2D eigenvalue weighted by molar-refractivity contribution is 5.93. The monoisotopic (exact) mass is 287 g/mol. The molecule has 9 heteroatoms. The number of alkyl halides is 6. The van der Waals surface area contributed by atoms with Gasteiger partial charge in [0.05, 0.1) is 23.8 Å². The molecule has 0 saturated heterocycles. The van der Waals surface area contributed by atoms with E-state index in [0.29, 0.717) is 6.07 Å². The number of benzene rings is 1. The van der Waals surface area contributed by atoms with Crippen molar-refractivity contribution in [2.45, 2.75) is 12.4 Å². The maximum Gasteiger partial charge on any atom is 0.417 e. The third kappa shape index (κ3) is 3.09. The molecule has 1 aromatic carbocycles. The Hall–Kier alpha value is -1.93. The maximum absolute atomic E-state index is 12.7. The van der Waals surface area contributed by atoms with Gasteiger partial charge in [0.15, 0.2) is 0 Å². The topological polar surface area (TPSA) is 52.3 Å². The molecule has 0 aliphatic rings. The summed E-state index contributed by atoms with van der Waals surface area (Å²) in [4.78, 5) is 11.2. The van der Waals surface area contributed by atoms with Gasteiger partial charge >= 0.3 is 18.3 Å². The van der Waals surface area contributed by atoms with Crippen molar-refractivity contribution in [2.24, 2.45) is 0 Å². The van der Waals surface area contributed by atoms with Crippen LogP contribution in [0.3, 0.4) is 0 Å². The van der Waals surface area contributed by atoms with Crippen molar-refractivity contribution in [1.82, 2.24) is 0 Å². The van der Waals surface area contributed by atoms with Gasteiger partial charge in [-0.25, -0.2) is 4.79 Å². The largest absolute Gasteiger partial charge is 0.465 e. The fourth-order valence-electron chi connectivity index (χ4n) is 1.46. The Morgan fingerprint density at radius 3 is 2.00 bits per heavy atom. The van der Waals surface area contributed by atoms with Crippen LogP contribution in [0.1, 0.15) is 21.5 Å². The second-order valence-corrected chi connectivity index (χ2v) is 3.48. The summed E-state index contributed by atoms with van der Waals surface area (Å²) < 4.78 is 80.0. The van der Waals surface area contributed by atoms with E-state index < -0.39 is 40.7 Å². The number of nitrogens with two attached hydrogens (primary N) is 1. The average Bonchev–Trinajstić information content (AvgIpc) is 2.23. The smallest absolute Gasteiger partial charge is 0.417 e. The van der Waals surface area contributed by atoms with Crippen molar-refractivity contribution in [3.8, 4) is 0 Å². The van der Waals surface area contributed by atoms with Gasteiger partial charge in [-0.2, -0.15) is 26.3 Å². The lowest BCUT2D eigenvalue weighted by Crippen LogP contribution is -2.22. The summed E-state index contributed by atoms with van der Waals surface area (Å²) in [6, 6.07) is 0.610. The third-order valence-corrected chi connectivity index (χ3v) is 2.15. The zero-order valence-corrected chi connectivity index (χ0v) is 9.32. The molecule has 0 fully saturated rings. The fraction of sp³-hybridized carbons (Fsp3) is 0.300. The van der Waals surface area contributed by atoms with Gasteiger partial charge in [0.1, 0.15) is 0 Å². The molecule has 1 rings (SSSR count). The van der Waals surface area contributed by atoms with Crippen molar-refractivity contribution < 1.29 is 35.9 Å². The Morgan fingerprint density at radius 2 is 1.63 bits per heavy atom. The number of hydrogen-bond acceptors (Lipinski definition) is 3. The highest BCUT2D eigenvalue weighted by atomic mass is 19.4. The first-order valence-corrected chi connectivity index (χ1v) is 4.64. The first-order chi connectivity index (χ1) is 8.48. The van der Waals surface area contributed by atoms with E-state index in [1.54, 1.807) is 0 Å². The molecule has 0 atom stereocenters. The summed E-state index contributed by atoms with van der Waals surface area (Å²) in [5.41, 5.74) is -0.952. The van der Waals surface area contributed by atoms with E-state index in [9.17, 15) is 31.1 Å². The number of rotatable bonds is 1. The minimum Gasteiger partial charge on any atom is -0.465 e. The quantitative estimate of drug-likeness (QED) is 0.490. The van der Waals surface area contributed by atoms with Crippen molar-refractivity contribution in [3.05, 3.63) is 28.8 Å². The van der Waals surface area contributed by atoms with Crippen LogP contribution in [0.2, 0.25) is 0 Å². The molecule has 1 aromatic rings. The Labute approximate surface area is 102 Å². The minimum absolute atomic E-state index is 0.120. The van der Waals surface area contributed by atoms with Crippen LogP contribution in [0.25, 0.3) is 0 Å². The van der Waals surface area contributed by atoms with Gasteiger partial charge in [-0.1, -0.05) is 0 Å². The highest BCUT2D eigenvalue weighted by Crippen LogP contribution is 2.43. The lowest BCUT2D eigenvalue weighted by Gasteiger charge is -2.18. The van der Waals surface area contributed by atoms with Gasteiger partial charge in [-0.15, -0.1) is 0 Å². The predicted molar refractivity (Wildman–Crippen MR) is 52.2 cm³/mol. The van der Waals surface area contributed by atoms with Crippen LogP contribution in [0.5, 0.6) is 0 Å². The Kier molecular flexibility index (Phi) is 3.69. The van der Waals surface area contributed by atoms with Crippen molar-refractivity contribution >= 4 is 11.7 Å². The van der Waals surface area contributed by atoms with Crippen LogP contribution in [0, 0.1) is 0 Å². The van der Waals surface area contributed by atoms with Crippen LogP contribution < -0.4 is 5.73 Å². The molecule has 0 radical (unpaired) electrons. The van der Waals surface area contributed by atoms with Crippen LogP contribution in [0.4, 0.5) is 32.0 Å². The summed E-state index contributed by atoms with van der Waals surface area (Å²) in [5, 5.41) is 0. The summed E-state index contributed by atoms with van der Waals surface area (Å²) in [5.74, 6) is -1.55. The molecular formula is C10H7F6NO2. The van der Waals surface area contributed by atoms with Gasteiger partial charge in [0.2, 0.25) is 0 Å². The molecule has 2 N–H and O–H groups in total. The van der Waals surface area contributed by atoms with Crippen molar-refractivity contribution in [1.29, 1.82) is 0 Å². The van der Waals surface area contributed by atoms with E-state index in [0.717, 1.165) is 7.11 Å². The number of hydrogen-bond donors (Lipinski definition) is 1. The highest BCUT2D eigenvalue weighted by Gasteiger charge is 2.46. The molecule has 0 aliphatic carbocycles. The van der Waals surface area contributed by atoms with Crippen LogP contribution in [-0.4, -0.2) is 13.1 Å². The van der Waals surface area contributed by atoms with Gasteiger partial charge in [-0.3, -0.25) is 0 Å². The van der Waals surface area contributed by atoms with E-state index in [-0.39, 0.29) is 6.07 Å². The molecule has 0 aromatic heterocycles. The Balaban J connectivity index is 3.74. The number of nitrogen functional groups attached to an aromatic ring is 1. The summed E-state index contributed by atoms with van der Waals surface area (Å²) in [6.45, 7) is 0. The Bertz CT molecular complexity index is 506. The number of halogens is 6. The van der Waals surface area contributed by atoms with E-state index in [2.05, 4.69) is 4.74 Å². The minimum atomic E-state index is -5.37. The first kappa shape index (κ1) is 15.1. The molecule has 0 amide bonds. The number of ether oxygens (including phenoxy) is 1. The van der Waals surface area contributed by atoms with Gasteiger partial charge < -0.3 is 10.5 Å². The first-order valence-electron chi connectivity index (χ1n) is 4.64. The van der Waals surface area contributed by atoms with Gasteiger partial charge in [0.25, 0.3) is 0 Å². The molecule has 0 saturated carbocycles. The van der Waals surface area contributed by atoms with Crippen LogP contribution in [0.15, 0.2) is 12.1 Å². The molecular weight excluding hydrogens is 280 g/mol. The zero-order valence-electron chi connectivity index (χ0n) is 9.32. The maximum atomic E-state index is 12.7. The van der Waals surface area contributed by atoms with Crippen LogP contribution >= 0.6 is 0 Å². The second kappa shape index (κ2) is 4.63. The van der Waals surface area contributed by atoms with Crippen molar-refractivity contribution in [3.63, 3.8) is 0 Å². The lowest BCUT2D eigenvalue weighted by molar-refractivity contribution is -0.162. The summed E-state index contributed by atoms with van der Waals surface area (Å²) in [6.07, 6.45) is -10.7. The SMILES string of the molecule is COC(=O)c1cc(N)cc(C(F)(F)F)c1C(F)(F)F. The van der Waals surface area contributed by atoms with Crippen molar-refractivity contribution in [2.75, 3.05) is 12.8 Å². The number of carbonyl (C=O) groups is 1. The molecule has 0 unspecified atom stereocenters. The van der Waals surface area contributed by atoms with Gasteiger partial charge in [0, 0.05) is 5.69 Å². The van der Waals surface area contributed by atoms with E-state index in [1.807, 2.05) is 0 Å². The number of methoxy groups -OCH3 is 1. The second-order valence-electron chi connectivity index (χ2n) is 3.48. The molecule has 0 heterocycles. The number of esters is 1. The standard InChI is InChI=1S/C10H7F6NO2/c1-19-8(18)5-2-4(17)3-6(9(11,12)13)7(5)10(14,15)16/h2-3H,17H2,1H3. The average molecular weight is 287 g/mol. The summed E-state index contributed by atoms with van der Waals surface area (Å²) in [7, 11) is 0.749. The van der Waals surface area contributed by atoms with Gasteiger partial charge in [-0.05, 0) is 12.1 Å². The molecule has 0 spiro atoms. The number of anilines is 1. The molecule has 0 bridgehead atoms.